The van der Waals surface area contributed by atoms with Crippen LogP contribution in [0.15, 0.2) is 40.1 Å². The molecule has 0 bridgehead atoms. The molecule has 0 heterocycles. The Morgan fingerprint density at radius 2 is 1.62 bits per heavy atom. The zero-order valence-corrected chi connectivity index (χ0v) is 12.0. The normalized spacial score (nSPS) is 12.5. The molecule has 2 aromatic rings. The molecule has 1 atom stereocenters. The van der Waals surface area contributed by atoms with Crippen molar-refractivity contribution in [3.63, 3.8) is 0 Å². The average Bonchev–Trinajstić information content (AvgIpc) is 2.37. The van der Waals surface area contributed by atoms with Gasteiger partial charge in [-0.15, -0.1) is 0 Å². The summed E-state index contributed by atoms with van der Waals surface area (Å²) in [5.74, 6) is -3.05. The standard InChI is InChI=1S/C15H13F4NS/c1-8(20)4-9-5-12(18)15(13(19)6-9)21-14-7-10(16)2-3-11(14)17/h2-3,5-8H,4,20H2,1H3. The topological polar surface area (TPSA) is 26.0 Å². The van der Waals surface area contributed by atoms with E-state index in [9.17, 15) is 17.6 Å². The molecule has 0 aliphatic rings. The molecule has 2 rings (SSSR count). The molecule has 21 heavy (non-hydrogen) atoms. The van der Waals surface area contributed by atoms with Crippen molar-refractivity contribution in [3.05, 3.63) is 59.2 Å². The number of halogens is 4. The first-order valence-electron chi connectivity index (χ1n) is 6.23. The first-order chi connectivity index (χ1) is 9.86. The number of hydrogen-bond acceptors (Lipinski definition) is 2. The minimum Gasteiger partial charge on any atom is -0.328 e. The van der Waals surface area contributed by atoms with Gasteiger partial charge in [-0.3, -0.25) is 0 Å². The van der Waals surface area contributed by atoms with Crippen LogP contribution in [0.3, 0.4) is 0 Å². The number of hydrogen-bond donors (Lipinski definition) is 1. The highest BCUT2D eigenvalue weighted by Crippen LogP contribution is 2.34. The molecule has 0 saturated heterocycles. The predicted octanol–water partition coefficient (Wildman–Crippen LogP) is 4.28. The van der Waals surface area contributed by atoms with Crippen molar-refractivity contribution in [3.8, 4) is 0 Å². The maximum atomic E-state index is 14.0. The Bertz CT molecular complexity index is 635. The molecular weight excluding hydrogens is 302 g/mol. The van der Waals surface area contributed by atoms with Gasteiger partial charge in [-0.25, -0.2) is 17.6 Å². The van der Waals surface area contributed by atoms with Crippen LogP contribution in [0.5, 0.6) is 0 Å². The summed E-state index contributed by atoms with van der Waals surface area (Å²) in [6, 6.07) is 4.84. The monoisotopic (exact) mass is 315 g/mol. The highest BCUT2D eigenvalue weighted by molar-refractivity contribution is 7.99. The zero-order valence-electron chi connectivity index (χ0n) is 11.2. The van der Waals surface area contributed by atoms with E-state index in [4.69, 9.17) is 5.73 Å². The third-order valence-corrected chi connectivity index (χ3v) is 3.85. The molecule has 0 aromatic heterocycles. The van der Waals surface area contributed by atoms with Gasteiger partial charge in [0, 0.05) is 6.04 Å². The highest BCUT2D eigenvalue weighted by atomic mass is 32.2. The summed E-state index contributed by atoms with van der Waals surface area (Å²) in [6.45, 7) is 1.72. The number of benzene rings is 2. The molecule has 6 heteroatoms. The minimum absolute atomic E-state index is 0.173. The van der Waals surface area contributed by atoms with Crippen LogP contribution in [0.2, 0.25) is 0 Å². The smallest absolute Gasteiger partial charge is 0.140 e. The summed E-state index contributed by atoms with van der Waals surface area (Å²) >= 11 is 0.513. The zero-order chi connectivity index (χ0) is 15.6. The fourth-order valence-electron chi connectivity index (χ4n) is 1.86. The maximum Gasteiger partial charge on any atom is 0.140 e. The van der Waals surface area contributed by atoms with Crippen molar-refractivity contribution in [2.24, 2.45) is 5.73 Å². The van der Waals surface area contributed by atoms with Crippen LogP contribution in [0.4, 0.5) is 17.6 Å². The van der Waals surface area contributed by atoms with Crippen molar-refractivity contribution in [1.82, 2.24) is 0 Å². The van der Waals surface area contributed by atoms with Crippen LogP contribution in [0.1, 0.15) is 12.5 Å². The van der Waals surface area contributed by atoms with E-state index >= 15 is 0 Å². The van der Waals surface area contributed by atoms with Gasteiger partial charge >= 0.3 is 0 Å². The second-order valence-corrected chi connectivity index (χ2v) is 5.80. The first kappa shape index (κ1) is 15.9. The molecule has 0 aliphatic heterocycles. The van der Waals surface area contributed by atoms with Gasteiger partial charge in [0.05, 0.1) is 9.79 Å². The van der Waals surface area contributed by atoms with E-state index in [1.165, 1.54) is 0 Å². The molecule has 0 fully saturated rings. The summed E-state index contributed by atoms with van der Waals surface area (Å²) in [5.41, 5.74) is 6.00. The molecule has 2 N–H and O–H groups in total. The van der Waals surface area contributed by atoms with Gasteiger partial charge in [0.2, 0.25) is 0 Å². The van der Waals surface area contributed by atoms with Gasteiger partial charge in [0.15, 0.2) is 0 Å². The van der Waals surface area contributed by atoms with Gasteiger partial charge in [-0.1, -0.05) is 11.8 Å². The van der Waals surface area contributed by atoms with Gasteiger partial charge in [-0.05, 0) is 49.2 Å². The lowest BCUT2D eigenvalue weighted by atomic mass is 10.1. The minimum atomic E-state index is -0.820. The van der Waals surface area contributed by atoms with Gasteiger partial charge in [-0.2, -0.15) is 0 Å². The molecule has 0 spiro atoms. The quantitative estimate of drug-likeness (QED) is 0.852. The van der Waals surface area contributed by atoms with Crippen LogP contribution in [-0.4, -0.2) is 6.04 Å². The van der Waals surface area contributed by atoms with Gasteiger partial charge < -0.3 is 5.73 Å². The second kappa shape index (κ2) is 6.49. The Balaban J connectivity index is 2.34. The van der Waals surface area contributed by atoms with E-state index in [2.05, 4.69) is 0 Å². The Hall–Kier alpha value is -1.53. The van der Waals surface area contributed by atoms with Gasteiger partial charge in [0.1, 0.15) is 23.3 Å². The number of rotatable bonds is 4. The lowest BCUT2D eigenvalue weighted by Gasteiger charge is -2.10. The van der Waals surface area contributed by atoms with E-state index in [0.29, 0.717) is 23.7 Å². The number of nitrogens with two attached hydrogens (primary N) is 1. The summed E-state index contributed by atoms with van der Waals surface area (Å²) in [6.07, 6.45) is 0.327. The van der Waals surface area contributed by atoms with Crippen LogP contribution in [0.25, 0.3) is 0 Å². The average molecular weight is 315 g/mol. The lowest BCUT2D eigenvalue weighted by Crippen LogP contribution is -2.18. The molecule has 112 valence electrons. The van der Waals surface area contributed by atoms with E-state index < -0.39 is 23.3 Å². The SMILES string of the molecule is CC(N)Cc1cc(F)c(Sc2cc(F)ccc2F)c(F)c1. The Morgan fingerprint density at radius 1 is 1.00 bits per heavy atom. The van der Waals surface area contributed by atoms with E-state index in [1.54, 1.807) is 6.92 Å². The fourth-order valence-corrected chi connectivity index (χ4v) is 2.73. The molecule has 0 radical (unpaired) electrons. The molecule has 1 unspecified atom stereocenters. The Kier molecular flexibility index (Phi) is 4.90. The largest absolute Gasteiger partial charge is 0.328 e. The third kappa shape index (κ3) is 3.98. The summed E-state index contributed by atoms with van der Waals surface area (Å²) in [7, 11) is 0. The Labute approximate surface area is 124 Å². The van der Waals surface area contributed by atoms with E-state index in [1.807, 2.05) is 0 Å². The van der Waals surface area contributed by atoms with Crippen LogP contribution >= 0.6 is 11.8 Å². The van der Waals surface area contributed by atoms with Crippen LogP contribution in [0, 0.1) is 23.3 Å². The van der Waals surface area contributed by atoms with Crippen molar-refractivity contribution in [2.75, 3.05) is 0 Å². The van der Waals surface area contributed by atoms with Crippen molar-refractivity contribution < 1.29 is 17.6 Å². The van der Waals surface area contributed by atoms with Crippen molar-refractivity contribution in [1.29, 1.82) is 0 Å². The van der Waals surface area contributed by atoms with Gasteiger partial charge in [0.25, 0.3) is 0 Å². The van der Waals surface area contributed by atoms with E-state index in [0.717, 1.165) is 30.3 Å². The second-order valence-electron chi connectivity index (χ2n) is 4.75. The van der Waals surface area contributed by atoms with Crippen molar-refractivity contribution in [2.45, 2.75) is 29.2 Å². The summed E-state index contributed by atoms with van der Waals surface area (Å²) in [4.78, 5) is -0.541. The molecular formula is C15H13F4NS. The summed E-state index contributed by atoms with van der Waals surface area (Å²) in [5, 5.41) is 0. The highest BCUT2D eigenvalue weighted by Gasteiger charge is 2.16. The molecule has 2 aromatic carbocycles. The summed E-state index contributed by atoms with van der Waals surface area (Å²) < 4.78 is 54.5. The van der Waals surface area contributed by atoms with Crippen LogP contribution < -0.4 is 5.73 Å². The predicted molar refractivity (Wildman–Crippen MR) is 74.2 cm³/mol. The Morgan fingerprint density at radius 3 is 2.19 bits per heavy atom. The van der Waals surface area contributed by atoms with E-state index in [-0.39, 0.29) is 15.8 Å². The molecule has 0 amide bonds. The lowest BCUT2D eigenvalue weighted by molar-refractivity contribution is 0.534. The van der Waals surface area contributed by atoms with Crippen molar-refractivity contribution >= 4 is 11.8 Å². The van der Waals surface area contributed by atoms with Crippen LogP contribution in [-0.2, 0) is 6.42 Å². The third-order valence-electron chi connectivity index (χ3n) is 2.72. The molecule has 1 nitrogen and oxygen atoms in total. The molecule has 0 aliphatic carbocycles. The first-order valence-corrected chi connectivity index (χ1v) is 7.05. The maximum absolute atomic E-state index is 14.0. The molecule has 0 saturated carbocycles. The fraction of sp³-hybridized carbons (Fsp3) is 0.200.